The molecule has 26 heavy (non-hydrogen) atoms. The second kappa shape index (κ2) is 8.94. The van der Waals surface area contributed by atoms with Gasteiger partial charge in [-0.1, -0.05) is 11.6 Å². The Morgan fingerprint density at radius 3 is 2.69 bits per heavy atom. The van der Waals surface area contributed by atoms with Gasteiger partial charge in [-0.3, -0.25) is 0 Å². The summed E-state index contributed by atoms with van der Waals surface area (Å²) in [4.78, 5) is 11.0. The summed E-state index contributed by atoms with van der Waals surface area (Å²) in [7, 11) is 1.61. The molecule has 0 spiro atoms. The Balaban J connectivity index is 1.70. The summed E-state index contributed by atoms with van der Waals surface area (Å²) in [6.45, 7) is 5.15. The second-order valence-electron chi connectivity index (χ2n) is 6.20. The minimum absolute atomic E-state index is 0.536. The van der Waals surface area contributed by atoms with Crippen LogP contribution in [0, 0.1) is 0 Å². The van der Waals surface area contributed by atoms with Gasteiger partial charge in [0.05, 0.1) is 18.7 Å². The van der Waals surface area contributed by atoms with Crippen LogP contribution in [0.5, 0.6) is 11.5 Å². The van der Waals surface area contributed by atoms with Crippen LogP contribution in [-0.4, -0.2) is 36.8 Å². The molecule has 1 aliphatic heterocycles. The molecule has 2 aromatic rings. The van der Waals surface area contributed by atoms with Crippen molar-refractivity contribution in [3.8, 4) is 11.5 Å². The molecule has 0 radical (unpaired) electrons. The molecule has 0 unspecified atom stereocenters. The number of piperidine rings is 1. The zero-order chi connectivity index (χ0) is 18.4. The number of halogens is 1. The first-order valence-corrected chi connectivity index (χ1v) is 9.39. The van der Waals surface area contributed by atoms with E-state index in [1.807, 2.05) is 25.1 Å². The van der Waals surface area contributed by atoms with Gasteiger partial charge in [-0.25, -0.2) is 9.97 Å². The maximum atomic E-state index is 6.34. The quantitative estimate of drug-likeness (QED) is 0.783. The number of nitrogens with zero attached hydrogens (tertiary/aromatic N) is 3. The van der Waals surface area contributed by atoms with E-state index in [0.717, 1.165) is 30.3 Å². The van der Waals surface area contributed by atoms with Gasteiger partial charge in [0.2, 0.25) is 0 Å². The van der Waals surface area contributed by atoms with E-state index >= 15 is 0 Å². The van der Waals surface area contributed by atoms with Crippen molar-refractivity contribution in [3.05, 3.63) is 35.1 Å². The van der Waals surface area contributed by atoms with Crippen LogP contribution in [0.2, 0.25) is 5.02 Å². The Hall–Kier alpha value is -2.21. The molecule has 6 nitrogen and oxygen atoms in total. The number of methoxy groups -OCH3 is 1. The molecule has 140 valence electrons. The minimum Gasteiger partial charge on any atom is -0.493 e. The fraction of sp³-hybridized carbons (Fsp3) is 0.474. The summed E-state index contributed by atoms with van der Waals surface area (Å²) < 4.78 is 11.0. The van der Waals surface area contributed by atoms with Gasteiger partial charge in [-0.05, 0) is 43.9 Å². The smallest absolute Gasteiger partial charge is 0.179 e. The van der Waals surface area contributed by atoms with Gasteiger partial charge in [-0.2, -0.15) is 0 Å². The van der Waals surface area contributed by atoms with E-state index in [0.29, 0.717) is 29.7 Å². The first kappa shape index (κ1) is 18.6. The summed E-state index contributed by atoms with van der Waals surface area (Å²) in [5, 5.41) is 3.88. The molecule has 1 fully saturated rings. The van der Waals surface area contributed by atoms with Crippen LogP contribution < -0.4 is 19.7 Å². The standard InChI is InChI=1S/C19H25ClN4O2/c1-3-26-19-15(20)9-14(10-16(19)25-2)12-21-17-11-18(23-13-22-17)24-7-5-4-6-8-24/h9-11,13H,3-8,12H2,1-2H3,(H,21,22,23). The Morgan fingerprint density at radius 1 is 1.15 bits per heavy atom. The normalized spacial score (nSPS) is 14.2. The summed E-state index contributed by atoms with van der Waals surface area (Å²) in [5.41, 5.74) is 0.994. The molecule has 1 aromatic carbocycles. The summed E-state index contributed by atoms with van der Waals surface area (Å²) >= 11 is 6.34. The average Bonchev–Trinajstić information content (AvgIpc) is 2.69. The number of aromatic nitrogens is 2. The molecule has 7 heteroatoms. The number of anilines is 2. The predicted octanol–water partition coefficient (Wildman–Crippen LogP) is 4.14. The highest BCUT2D eigenvalue weighted by Gasteiger charge is 2.14. The largest absolute Gasteiger partial charge is 0.493 e. The maximum absolute atomic E-state index is 6.34. The fourth-order valence-corrected chi connectivity index (χ4v) is 3.38. The van der Waals surface area contributed by atoms with Crippen molar-refractivity contribution >= 4 is 23.2 Å². The lowest BCUT2D eigenvalue weighted by Gasteiger charge is -2.27. The number of benzene rings is 1. The van der Waals surface area contributed by atoms with Crippen LogP contribution in [0.4, 0.5) is 11.6 Å². The van der Waals surface area contributed by atoms with E-state index < -0.39 is 0 Å². The van der Waals surface area contributed by atoms with Crippen LogP contribution >= 0.6 is 11.6 Å². The van der Waals surface area contributed by atoms with Gasteiger partial charge < -0.3 is 19.7 Å². The van der Waals surface area contributed by atoms with Crippen molar-refractivity contribution in [2.75, 3.05) is 37.0 Å². The SMILES string of the molecule is CCOc1c(Cl)cc(CNc2cc(N3CCCCC3)ncn2)cc1OC. The van der Waals surface area contributed by atoms with Crippen LogP contribution in [0.25, 0.3) is 0 Å². The first-order chi connectivity index (χ1) is 12.7. The number of rotatable bonds is 7. The Bertz CT molecular complexity index is 735. The second-order valence-corrected chi connectivity index (χ2v) is 6.61. The lowest BCUT2D eigenvalue weighted by atomic mass is 10.1. The van der Waals surface area contributed by atoms with E-state index in [-0.39, 0.29) is 0 Å². The lowest BCUT2D eigenvalue weighted by Crippen LogP contribution is -2.30. The highest BCUT2D eigenvalue weighted by atomic mass is 35.5. The van der Waals surface area contributed by atoms with Gasteiger partial charge in [0, 0.05) is 25.7 Å². The average molecular weight is 377 g/mol. The molecule has 1 saturated heterocycles. The topological polar surface area (TPSA) is 59.5 Å². The summed E-state index contributed by atoms with van der Waals surface area (Å²) in [6.07, 6.45) is 5.35. The van der Waals surface area contributed by atoms with Gasteiger partial charge in [0.25, 0.3) is 0 Å². The fourth-order valence-electron chi connectivity index (χ4n) is 3.09. The van der Waals surface area contributed by atoms with E-state index in [1.165, 1.54) is 19.3 Å². The summed E-state index contributed by atoms with van der Waals surface area (Å²) in [5.74, 6) is 2.98. The van der Waals surface area contributed by atoms with Crippen molar-refractivity contribution in [1.29, 1.82) is 0 Å². The van der Waals surface area contributed by atoms with E-state index in [1.54, 1.807) is 13.4 Å². The van der Waals surface area contributed by atoms with Crippen molar-refractivity contribution in [2.24, 2.45) is 0 Å². The Morgan fingerprint density at radius 2 is 1.96 bits per heavy atom. The van der Waals surface area contributed by atoms with Gasteiger partial charge in [-0.15, -0.1) is 0 Å². The zero-order valence-electron chi connectivity index (χ0n) is 15.3. The third-order valence-corrected chi connectivity index (χ3v) is 4.66. The highest BCUT2D eigenvalue weighted by molar-refractivity contribution is 6.32. The van der Waals surface area contributed by atoms with Crippen molar-refractivity contribution < 1.29 is 9.47 Å². The Kier molecular flexibility index (Phi) is 6.39. The van der Waals surface area contributed by atoms with E-state index in [4.69, 9.17) is 21.1 Å². The maximum Gasteiger partial charge on any atom is 0.179 e. The molecular weight excluding hydrogens is 352 g/mol. The van der Waals surface area contributed by atoms with Crippen LogP contribution in [0.3, 0.4) is 0 Å². The molecule has 2 heterocycles. The third-order valence-electron chi connectivity index (χ3n) is 4.38. The molecule has 0 aliphatic carbocycles. The lowest BCUT2D eigenvalue weighted by molar-refractivity contribution is 0.311. The molecule has 1 N–H and O–H groups in total. The number of hydrogen-bond donors (Lipinski definition) is 1. The van der Waals surface area contributed by atoms with E-state index in [9.17, 15) is 0 Å². The minimum atomic E-state index is 0.536. The van der Waals surface area contributed by atoms with Gasteiger partial charge >= 0.3 is 0 Å². The molecule has 0 bridgehead atoms. The number of ether oxygens (including phenoxy) is 2. The number of nitrogens with one attached hydrogen (secondary N) is 1. The van der Waals surface area contributed by atoms with Crippen molar-refractivity contribution in [1.82, 2.24) is 9.97 Å². The van der Waals surface area contributed by atoms with Crippen LogP contribution in [0.1, 0.15) is 31.7 Å². The zero-order valence-corrected chi connectivity index (χ0v) is 16.1. The van der Waals surface area contributed by atoms with Crippen molar-refractivity contribution in [2.45, 2.75) is 32.7 Å². The molecule has 0 saturated carbocycles. The number of hydrogen-bond acceptors (Lipinski definition) is 6. The third kappa shape index (κ3) is 4.49. The van der Waals surface area contributed by atoms with Gasteiger partial charge in [0.15, 0.2) is 11.5 Å². The molecule has 1 aromatic heterocycles. The van der Waals surface area contributed by atoms with Crippen LogP contribution in [-0.2, 0) is 6.54 Å². The predicted molar refractivity (Wildman–Crippen MR) is 105 cm³/mol. The first-order valence-electron chi connectivity index (χ1n) is 9.01. The Labute approximate surface area is 159 Å². The monoisotopic (exact) mass is 376 g/mol. The molecule has 1 aliphatic rings. The summed E-state index contributed by atoms with van der Waals surface area (Å²) in [6, 6.07) is 5.81. The van der Waals surface area contributed by atoms with Crippen LogP contribution in [0.15, 0.2) is 24.5 Å². The van der Waals surface area contributed by atoms with Crippen molar-refractivity contribution in [3.63, 3.8) is 0 Å². The molecular formula is C19H25ClN4O2. The molecule has 0 atom stereocenters. The van der Waals surface area contributed by atoms with Gasteiger partial charge in [0.1, 0.15) is 18.0 Å². The van der Waals surface area contributed by atoms with E-state index in [2.05, 4.69) is 20.2 Å². The molecule has 3 rings (SSSR count). The highest BCUT2D eigenvalue weighted by Crippen LogP contribution is 2.36. The molecule has 0 amide bonds.